The third-order valence-electron chi connectivity index (χ3n) is 4.99. The minimum atomic E-state index is 0.909. The second kappa shape index (κ2) is 5.63. The highest BCUT2D eigenvalue weighted by Crippen LogP contribution is 2.35. The van der Waals surface area contributed by atoms with Gasteiger partial charge in [-0.25, -0.2) is 4.98 Å². The minimum absolute atomic E-state index is 0.909. The van der Waals surface area contributed by atoms with Crippen LogP contribution in [0.4, 0.5) is 0 Å². The van der Waals surface area contributed by atoms with E-state index in [1.165, 1.54) is 21.9 Å². The molecule has 0 amide bonds. The summed E-state index contributed by atoms with van der Waals surface area (Å²) in [6.07, 6.45) is 1.89. The Kier molecular flexibility index (Phi) is 3.26. The van der Waals surface area contributed by atoms with E-state index in [9.17, 15) is 0 Å². The number of hydrogen-bond donors (Lipinski definition) is 0. The highest BCUT2D eigenvalue weighted by Gasteiger charge is 2.12. The topological polar surface area (TPSA) is 25.8 Å². The molecule has 0 bridgehead atoms. The van der Waals surface area contributed by atoms with E-state index >= 15 is 0 Å². The Morgan fingerprint density at radius 1 is 0.615 bits per heavy atom. The number of benzene rings is 4. The molecule has 5 aromatic rings. The minimum Gasteiger partial charge on any atom is -0.252 e. The Balaban J connectivity index is 1.97. The SMILES string of the molecule is Cc1ccc2c(c1)c1cc(C)ccc1c1nc(-c3ccccc3)cnc21. The predicted octanol–water partition coefficient (Wildman–Crippen LogP) is 6.22. The molecule has 0 unspecified atom stereocenters. The summed E-state index contributed by atoms with van der Waals surface area (Å²) in [5, 5.41) is 4.82. The molecule has 1 aromatic heterocycles. The lowest BCUT2D eigenvalue weighted by Crippen LogP contribution is -1.93. The maximum absolute atomic E-state index is 5.01. The number of aromatic nitrogens is 2. The number of fused-ring (bicyclic) bond motifs is 6. The zero-order valence-corrected chi connectivity index (χ0v) is 14.8. The molecule has 26 heavy (non-hydrogen) atoms. The fraction of sp³-hybridized carbons (Fsp3) is 0.0833. The fourth-order valence-corrected chi connectivity index (χ4v) is 3.70. The lowest BCUT2D eigenvalue weighted by atomic mass is 9.96. The average molecular weight is 334 g/mol. The van der Waals surface area contributed by atoms with Gasteiger partial charge in [0.05, 0.1) is 22.9 Å². The summed E-state index contributed by atoms with van der Waals surface area (Å²) in [6.45, 7) is 4.27. The van der Waals surface area contributed by atoms with Crippen molar-refractivity contribution in [1.29, 1.82) is 0 Å². The second-order valence-corrected chi connectivity index (χ2v) is 6.92. The molecule has 1 heterocycles. The van der Waals surface area contributed by atoms with E-state index in [0.29, 0.717) is 0 Å². The molecule has 0 fully saturated rings. The molecule has 0 aliphatic heterocycles. The molecule has 0 radical (unpaired) electrons. The normalized spacial score (nSPS) is 11.5. The van der Waals surface area contributed by atoms with Crippen molar-refractivity contribution in [2.75, 3.05) is 0 Å². The average Bonchev–Trinajstić information content (AvgIpc) is 2.68. The van der Waals surface area contributed by atoms with Gasteiger partial charge >= 0.3 is 0 Å². The summed E-state index contributed by atoms with van der Waals surface area (Å²) in [5.41, 5.74) is 6.45. The summed E-state index contributed by atoms with van der Waals surface area (Å²) in [6, 6.07) is 23.4. The molecule has 2 nitrogen and oxygen atoms in total. The molecular formula is C24H18N2. The Morgan fingerprint density at radius 3 is 1.88 bits per heavy atom. The van der Waals surface area contributed by atoms with Crippen LogP contribution in [-0.4, -0.2) is 9.97 Å². The van der Waals surface area contributed by atoms with Gasteiger partial charge in [0, 0.05) is 16.3 Å². The van der Waals surface area contributed by atoms with Gasteiger partial charge in [-0.3, -0.25) is 4.98 Å². The molecule has 0 aliphatic carbocycles. The molecule has 0 atom stereocenters. The van der Waals surface area contributed by atoms with E-state index in [2.05, 4.69) is 62.4 Å². The van der Waals surface area contributed by atoms with E-state index in [4.69, 9.17) is 9.97 Å². The molecule has 0 saturated heterocycles. The zero-order chi connectivity index (χ0) is 17.7. The van der Waals surface area contributed by atoms with Gasteiger partial charge in [0.25, 0.3) is 0 Å². The summed E-state index contributed by atoms with van der Waals surface area (Å²) in [4.78, 5) is 9.84. The first-order chi connectivity index (χ1) is 12.7. The van der Waals surface area contributed by atoms with Crippen LogP contribution in [0.3, 0.4) is 0 Å². The van der Waals surface area contributed by atoms with Gasteiger partial charge in [-0.1, -0.05) is 77.9 Å². The van der Waals surface area contributed by atoms with Gasteiger partial charge in [-0.2, -0.15) is 0 Å². The summed E-state index contributed by atoms with van der Waals surface area (Å²) in [7, 11) is 0. The lowest BCUT2D eigenvalue weighted by Gasteiger charge is -2.11. The molecule has 124 valence electrons. The van der Waals surface area contributed by atoms with E-state index in [1.54, 1.807) is 0 Å². The zero-order valence-electron chi connectivity index (χ0n) is 14.8. The van der Waals surface area contributed by atoms with E-state index in [1.807, 2.05) is 24.4 Å². The van der Waals surface area contributed by atoms with Crippen molar-refractivity contribution in [3.05, 3.63) is 84.1 Å². The third kappa shape index (κ3) is 2.26. The van der Waals surface area contributed by atoms with Gasteiger partial charge in [0.2, 0.25) is 0 Å². The smallest absolute Gasteiger partial charge is 0.0979 e. The second-order valence-electron chi connectivity index (χ2n) is 6.92. The van der Waals surface area contributed by atoms with Crippen molar-refractivity contribution in [3.8, 4) is 11.3 Å². The van der Waals surface area contributed by atoms with Crippen molar-refractivity contribution in [2.24, 2.45) is 0 Å². The third-order valence-corrected chi connectivity index (χ3v) is 4.99. The first-order valence-electron chi connectivity index (χ1n) is 8.85. The molecule has 0 aliphatic rings. The van der Waals surface area contributed by atoms with Gasteiger partial charge in [0.1, 0.15) is 0 Å². The van der Waals surface area contributed by atoms with Crippen LogP contribution < -0.4 is 0 Å². The Labute approximate surface area is 152 Å². The van der Waals surface area contributed by atoms with Crippen molar-refractivity contribution >= 4 is 32.6 Å². The van der Waals surface area contributed by atoms with Gasteiger partial charge in [-0.15, -0.1) is 0 Å². The molecule has 0 saturated carbocycles. The Hall–Kier alpha value is -3.26. The van der Waals surface area contributed by atoms with Crippen LogP contribution in [0, 0.1) is 13.8 Å². The van der Waals surface area contributed by atoms with Crippen LogP contribution in [-0.2, 0) is 0 Å². The Morgan fingerprint density at radius 2 is 1.23 bits per heavy atom. The number of nitrogens with zero attached hydrogens (tertiary/aromatic N) is 2. The predicted molar refractivity (Wildman–Crippen MR) is 109 cm³/mol. The molecule has 0 spiro atoms. The maximum Gasteiger partial charge on any atom is 0.0979 e. The highest BCUT2D eigenvalue weighted by molar-refractivity contribution is 6.23. The largest absolute Gasteiger partial charge is 0.252 e. The van der Waals surface area contributed by atoms with Crippen molar-refractivity contribution in [2.45, 2.75) is 13.8 Å². The maximum atomic E-state index is 5.01. The van der Waals surface area contributed by atoms with E-state index < -0.39 is 0 Å². The lowest BCUT2D eigenvalue weighted by molar-refractivity contribution is 1.31. The first-order valence-corrected chi connectivity index (χ1v) is 8.85. The molecular weight excluding hydrogens is 316 g/mol. The summed E-state index contributed by atoms with van der Waals surface area (Å²) < 4.78 is 0. The van der Waals surface area contributed by atoms with Crippen LogP contribution in [0.5, 0.6) is 0 Å². The van der Waals surface area contributed by atoms with Gasteiger partial charge in [-0.05, 0) is 24.6 Å². The summed E-state index contributed by atoms with van der Waals surface area (Å²) in [5.74, 6) is 0. The Bertz CT molecular complexity index is 1290. The van der Waals surface area contributed by atoms with Crippen molar-refractivity contribution in [1.82, 2.24) is 9.97 Å². The van der Waals surface area contributed by atoms with Crippen LogP contribution in [0.25, 0.3) is 43.8 Å². The quantitative estimate of drug-likeness (QED) is 0.340. The highest BCUT2D eigenvalue weighted by atomic mass is 14.8. The number of aryl methyl sites for hydroxylation is 2. The standard InChI is InChI=1S/C24H18N2/c1-15-8-10-18-20(12-15)21-13-16(2)9-11-19(21)24-23(18)25-14-22(26-24)17-6-4-3-5-7-17/h3-14H,1-2H3. The van der Waals surface area contributed by atoms with E-state index in [-0.39, 0.29) is 0 Å². The van der Waals surface area contributed by atoms with Crippen LogP contribution in [0.2, 0.25) is 0 Å². The van der Waals surface area contributed by atoms with Crippen molar-refractivity contribution in [3.63, 3.8) is 0 Å². The van der Waals surface area contributed by atoms with Gasteiger partial charge < -0.3 is 0 Å². The molecule has 4 aromatic carbocycles. The molecule has 0 N–H and O–H groups in total. The van der Waals surface area contributed by atoms with Gasteiger partial charge in [0.15, 0.2) is 0 Å². The fourth-order valence-electron chi connectivity index (χ4n) is 3.70. The number of rotatable bonds is 1. The first kappa shape index (κ1) is 15.0. The van der Waals surface area contributed by atoms with E-state index in [0.717, 1.165) is 33.1 Å². The molecule has 2 heteroatoms. The molecule has 5 rings (SSSR count). The summed E-state index contributed by atoms with van der Waals surface area (Å²) >= 11 is 0. The number of hydrogen-bond acceptors (Lipinski definition) is 2. The monoisotopic (exact) mass is 334 g/mol. The van der Waals surface area contributed by atoms with Crippen LogP contribution in [0.15, 0.2) is 72.9 Å². The van der Waals surface area contributed by atoms with Crippen LogP contribution >= 0.6 is 0 Å². The van der Waals surface area contributed by atoms with Crippen molar-refractivity contribution < 1.29 is 0 Å². The van der Waals surface area contributed by atoms with Crippen LogP contribution in [0.1, 0.15) is 11.1 Å².